The maximum absolute atomic E-state index is 13.5. The lowest BCUT2D eigenvalue weighted by Gasteiger charge is -2.31. The first kappa shape index (κ1) is 27.7. The van der Waals surface area contributed by atoms with Gasteiger partial charge in [-0.15, -0.1) is 10.2 Å². The molecule has 200 valence electrons. The van der Waals surface area contributed by atoms with E-state index in [1.807, 2.05) is 18.2 Å². The Balaban J connectivity index is 1.96. The number of unbranched alkanes of at least 4 members (excludes halogenated alkanes) is 1. The van der Waals surface area contributed by atoms with Crippen LogP contribution in [0.1, 0.15) is 58.2 Å². The number of nitrogens with zero attached hydrogens (tertiary/aromatic N) is 4. The average Bonchev–Trinajstić information content (AvgIpc) is 3.07. The van der Waals surface area contributed by atoms with Crippen molar-refractivity contribution in [3.05, 3.63) is 47.0 Å². The quantitative estimate of drug-likeness (QED) is 0.131. The van der Waals surface area contributed by atoms with Gasteiger partial charge in [-0.1, -0.05) is 68.8 Å². The summed E-state index contributed by atoms with van der Waals surface area (Å²) in [5.74, 6) is 0.676. The van der Waals surface area contributed by atoms with Gasteiger partial charge < -0.3 is 14.2 Å². The number of fused-ring (bicyclic) bond motifs is 3. The topological polar surface area (TPSA) is 104 Å². The minimum atomic E-state index is -1.10. The molecule has 0 saturated carbocycles. The lowest BCUT2D eigenvalue weighted by atomic mass is 10.1. The predicted molar refractivity (Wildman–Crippen MR) is 146 cm³/mol. The van der Waals surface area contributed by atoms with Crippen LogP contribution >= 0.6 is 23.4 Å². The van der Waals surface area contributed by atoms with Gasteiger partial charge in [-0.3, -0.25) is 14.5 Å². The van der Waals surface area contributed by atoms with E-state index in [4.69, 9.17) is 25.8 Å². The molecule has 3 aromatic rings. The van der Waals surface area contributed by atoms with Gasteiger partial charge in [0.25, 0.3) is 0 Å². The molecule has 0 unspecified atom stereocenters. The summed E-state index contributed by atoms with van der Waals surface area (Å²) in [5, 5.41) is 9.54. The van der Waals surface area contributed by atoms with Gasteiger partial charge in [0.2, 0.25) is 23.2 Å². The summed E-state index contributed by atoms with van der Waals surface area (Å²) in [6.07, 6.45) is 1.27. The molecule has 2 heterocycles. The summed E-state index contributed by atoms with van der Waals surface area (Å²) in [4.78, 5) is 32.1. The molecule has 0 fully saturated rings. The maximum Gasteiger partial charge on any atom is 0.311 e. The number of ether oxygens (including phenoxy) is 3. The lowest BCUT2D eigenvalue weighted by Crippen LogP contribution is -2.37. The number of benzene rings is 2. The van der Waals surface area contributed by atoms with E-state index in [1.54, 1.807) is 32.0 Å². The van der Waals surface area contributed by atoms with Gasteiger partial charge in [0, 0.05) is 35.2 Å². The number of aromatic nitrogens is 3. The Labute approximate surface area is 230 Å². The number of hydrogen-bond acceptors (Lipinski definition) is 9. The number of methoxy groups -OCH3 is 1. The second-order valence-corrected chi connectivity index (χ2v) is 9.91. The summed E-state index contributed by atoms with van der Waals surface area (Å²) >= 11 is 7.95. The van der Waals surface area contributed by atoms with Crippen LogP contribution in [0, 0.1) is 0 Å². The van der Waals surface area contributed by atoms with Gasteiger partial charge in [-0.2, -0.15) is 4.98 Å². The molecule has 0 aliphatic carbocycles. The number of carbonyl (C=O) groups is 2. The van der Waals surface area contributed by atoms with Crippen LogP contribution in [-0.4, -0.2) is 39.9 Å². The van der Waals surface area contributed by atoms with Crippen LogP contribution < -0.4 is 19.1 Å². The minimum absolute atomic E-state index is 0.114. The molecular formula is C27H29ClN4O5S. The van der Waals surface area contributed by atoms with E-state index < -0.39 is 12.2 Å². The zero-order valence-corrected chi connectivity index (χ0v) is 23.3. The number of para-hydroxylation sites is 1. The van der Waals surface area contributed by atoms with Crippen molar-refractivity contribution in [3.63, 3.8) is 0 Å². The molecule has 1 atom stereocenters. The van der Waals surface area contributed by atoms with Crippen molar-refractivity contribution in [2.75, 3.05) is 17.8 Å². The Morgan fingerprint density at radius 3 is 2.63 bits per heavy atom. The second-order valence-electron chi connectivity index (χ2n) is 8.41. The van der Waals surface area contributed by atoms with Crippen LogP contribution in [0.2, 0.25) is 5.02 Å². The normalized spacial score (nSPS) is 14.1. The standard InChI is InChI=1S/C27H29ClN4O5S/c1-5-8-13-38-27-29-25-23(30-31-27)17-11-9-10-12-19(17)32(21(33)6-2)26(37-25)18-14-16(28)15-20(35-4)24(18)36-22(34)7-3/h9-12,14-15,26H,5-8,13H2,1-4H3/t26-/m1/s1. The molecule has 0 bridgehead atoms. The summed E-state index contributed by atoms with van der Waals surface area (Å²) in [6.45, 7) is 5.56. The van der Waals surface area contributed by atoms with Crippen molar-refractivity contribution in [3.8, 4) is 28.6 Å². The van der Waals surface area contributed by atoms with Crippen molar-refractivity contribution < 1.29 is 23.8 Å². The zero-order chi connectivity index (χ0) is 27.2. The molecule has 1 aliphatic heterocycles. The van der Waals surface area contributed by atoms with Gasteiger partial charge in [0.1, 0.15) is 0 Å². The summed E-state index contributed by atoms with van der Waals surface area (Å²) < 4.78 is 17.7. The molecule has 0 saturated heterocycles. The van der Waals surface area contributed by atoms with E-state index in [2.05, 4.69) is 22.1 Å². The largest absolute Gasteiger partial charge is 0.493 e. The fourth-order valence-electron chi connectivity index (χ4n) is 3.94. The second kappa shape index (κ2) is 12.4. The minimum Gasteiger partial charge on any atom is -0.493 e. The van der Waals surface area contributed by atoms with Crippen LogP contribution in [-0.2, 0) is 9.59 Å². The fourth-order valence-corrected chi connectivity index (χ4v) is 5.02. The first-order chi connectivity index (χ1) is 18.4. The highest BCUT2D eigenvalue weighted by atomic mass is 35.5. The maximum atomic E-state index is 13.5. The lowest BCUT2D eigenvalue weighted by molar-refractivity contribution is -0.134. The SMILES string of the molecule is CCCCSc1nnc2c(n1)O[C@H](c1cc(Cl)cc(OC)c1OC(=O)CC)N(C(=O)CC)c1ccccc1-2. The fraction of sp³-hybridized carbons (Fsp3) is 0.370. The molecule has 38 heavy (non-hydrogen) atoms. The van der Waals surface area contributed by atoms with Crippen LogP contribution in [0.3, 0.4) is 0 Å². The van der Waals surface area contributed by atoms with E-state index >= 15 is 0 Å². The first-order valence-electron chi connectivity index (χ1n) is 12.4. The molecule has 4 rings (SSSR count). The van der Waals surface area contributed by atoms with Crippen LogP contribution in [0.25, 0.3) is 11.3 Å². The Morgan fingerprint density at radius 2 is 1.92 bits per heavy atom. The summed E-state index contributed by atoms with van der Waals surface area (Å²) in [7, 11) is 1.45. The first-order valence-corrected chi connectivity index (χ1v) is 13.8. The highest BCUT2D eigenvalue weighted by Crippen LogP contribution is 2.47. The molecule has 2 aromatic carbocycles. The highest BCUT2D eigenvalue weighted by molar-refractivity contribution is 7.99. The third kappa shape index (κ3) is 5.71. The van der Waals surface area contributed by atoms with Gasteiger partial charge in [0.05, 0.1) is 18.4 Å². The number of hydrogen-bond donors (Lipinski definition) is 0. The Hall–Kier alpha value is -3.37. The molecule has 1 aliphatic rings. The van der Waals surface area contributed by atoms with Gasteiger partial charge in [-0.25, -0.2) is 0 Å². The molecule has 9 nitrogen and oxygen atoms in total. The molecule has 0 spiro atoms. The van der Waals surface area contributed by atoms with Crippen molar-refractivity contribution in [1.29, 1.82) is 0 Å². The molecule has 11 heteroatoms. The van der Waals surface area contributed by atoms with Crippen molar-refractivity contribution in [2.24, 2.45) is 0 Å². The van der Waals surface area contributed by atoms with Crippen LogP contribution in [0.5, 0.6) is 17.4 Å². The molecule has 0 N–H and O–H groups in total. The molecule has 1 aromatic heterocycles. The third-order valence-corrected chi connectivity index (χ3v) is 6.99. The van der Waals surface area contributed by atoms with Gasteiger partial charge in [0.15, 0.2) is 17.2 Å². The smallest absolute Gasteiger partial charge is 0.311 e. The number of carbonyl (C=O) groups excluding carboxylic acids is 2. The number of rotatable bonds is 9. The zero-order valence-electron chi connectivity index (χ0n) is 21.7. The van der Waals surface area contributed by atoms with Gasteiger partial charge in [-0.05, 0) is 18.6 Å². The number of halogens is 1. The number of anilines is 1. The van der Waals surface area contributed by atoms with Gasteiger partial charge >= 0.3 is 5.97 Å². The Morgan fingerprint density at radius 1 is 1.13 bits per heavy atom. The Kier molecular flexibility index (Phi) is 9.06. The third-order valence-electron chi connectivity index (χ3n) is 5.85. The van der Waals surface area contributed by atoms with Crippen molar-refractivity contribution >= 4 is 40.9 Å². The average molecular weight is 557 g/mol. The predicted octanol–water partition coefficient (Wildman–Crippen LogP) is 6.24. The molecule has 1 amide bonds. The highest BCUT2D eigenvalue weighted by Gasteiger charge is 2.38. The van der Waals surface area contributed by atoms with Crippen molar-refractivity contribution in [1.82, 2.24) is 15.2 Å². The monoisotopic (exact) mass is 556 g/mol. The summed E-state index contributed by atoms with van der Waals surface area (Å²) in [6, 6.07) is 10.5. The Bertz CT molecular complexity index is 1340. The van der Waals surface area contributed by atoms with E-state index in [1.165, 1.54) is 23.8 Å². The number of thioether (sulfide) groups is 1. The van der Waals surface area contributed by atoms with E-state index in [0.29, 0.717) is 32.7 Å². The van der Waals surface area contributed by atoms with E-state index in [9.17, 15) is 9.59 Å². The molecule has 0 radical (unpaired) electrons. The summed E-state index contributed by atoms with van der Waals surface area (Å²) in [5.41, 5.74) is 1.92. The van der Waals surface area contributed by atoms with Crippen LogP contribution in [0.15, 0.2) is 41.6 Å². The van der Waals surface area contributed by atoms with E-state index in [0.717, 1.165) is 18.6 Å². The van der Waals surface area contributed by atoms with Crippen LogP contribution in [0.4, 0.5) is 5.69 Å². The molecular weight excluding hydrogens is 528 g/mol. The number of esters is 1. The van der Waals surface area contributed by atoms with Crippen molar-refractivity contribution in [2.45, 2.75) is 57.8 Å². The van der Waals surface area contributed by atoms with E-state index in [-0.39, 0.29) is 36.1 Å². The number of amides is 1.